The minimum atomic E-state index is 0.278. The fraction of sp³-hybridized carbons (Fsp3) is 0. The number of nitrogens with two attached hydrogens (primary N) is 1. The molecule has 0 radical (unpaired) electrons. The second kappa shape index (κ2) is 2.50. The van der Waals surface area contributed by atoms with Crippen molar-refractivity contribution in [2.45, 2.75) is 0 Å². The Morgan fingerprint density at radius 3 is 2.83 bits per heavy atom. The van der Waals surface area contributed by atoms with Crippen LogP contribution >= 0.6 is 23.2 Å². The summed E-state index contributed by atoms with van der Waals surface area (Å²) in [6, 6.07) is 1.62. The van der Waals surface area contributed by atoms with Gasteiger partial charge in [0.05, 0.1) is 5.52 Å². The Morgan fingerprint density at radius 2 is 2.08 bits per heavy atom. The molecule has 2 aromatic rings. The maximum atomic E-state index is 5.65. The number of hydrogen-bond acceptors (Lipinski definition) is 3. The van der Waals surface area contributed by atoms with Crippen LogP contribution in [-0.4, -0.2) is 15.0 Å². The first kappa shape index (κ1) is 7.64. The van der Waals surface area contributed by atoms with Crippen molar-refractivity contribution in [2.75, 3.05) is 5.73 Å². The molecule has 2 aromatic heterocycles. The van der Waals surface area contributed by atoms with Crippen LogP contribution in [0.4, 0.5) is 5.82 Å². The van der Waals surface area contributed by atoms with Crippen molar-refractivity contribution in [2.24, 2.45) is 0 Å². The van der Waals surface area contributed by atoms with Gasteiger partial charge in [0, 0.05) is 6.07 Å². The molecule has 6 heteroatoms. The van der Waals surface area contributed by atoms with E-state index >= 15 is 0 Å². The lowest BCUT2D eigenvalue weighted by molar-refractivity contribution is 1.33. The molecule has 0 saturated heterocycles. The normalized spacial score (nSPS) is 10.8. The molecule has 0 amide bonds. The van der Waals surface area contributed by atoms with Crippen molar-refractivity contribution in [1.29, 1.82) is 0 Å². The van der Waals surface area contributed by atoms with Gasteiger partial charge in [-0.15, -0.1) is 0 Å². The van der Waals surface area contributed by atoms with Gasteiger partial charge in [0.25, 0.3) is 0 Å². The number of fused-ring (bicyclic) bond motifs is 1. The third kappa shape index (κ3) is 1.09. The summed E-state index contributed by atoms with van der Waals surface area (Å²) >= 11 is 11.3. The van der Waals surface area contributed by atoms with E-state index in [1.54, 1.807) is 6.07 Å². The van der Waals surface area contributed by atoms with Crippen molar-refractivity contribution in [1.82, 2.24) is 15.0 Å². The van der Waals surface area contributed by atoms with Crippen LogP contribution in [0.2, 0.25) is 10.4 Å². The van der Waals surface area contributed by atoms with Crippen LogP contribution in [0.5, 0.6) is 0 Å². The fourth-order valence-corrected chi connectivity index (χ4v) is 1.36. The second-order valence-electron chi connectivity index (χ2n) is 2.25. The number of rotatable bonds is 0. The lowest BCUT2D eigenvalue weighted by Crippen LogP contribution is -1.91. The maximum absolute atomic E-state index is 5.65. The molecule has 0 saturated carbocycles. The summed E-state index contributed by atoms with van der Waals surface area (Å²) in [6.45, 7) is 0. The fourth-order valence-electron chi connectivity index (χ4n) is 0.976. The standard InChI is InChI=1S/C6H4Cl2N4/c7-3-1-2-4(5(9)11-3)12-6(8)10-2/h1H,(H2,9,11)(H,10,12). The first-order chi connectivity index (χ1) is 5.66. The number of imidazole rings is 1. The second-order valence-corrected chi connectivity index (χ2v) is 3.00. The molecule has 4 nitrogen and oxygen atoms in total. The Bertz CT molecular complexity index is 436. The van der Waals surface area contributed by atoms with E-state index in [9.17, 15) is 0 Å². The minimum Gasteiger partial charge on any atom is -0.382 e. The van der Waals surface area contributed by atoms with Crippen LogP contribution in [0.3, 0.4) is 0 Å². The summed E-state index contributed by atoms with van der Waals surface area (Å²) in [4.78, 5) is 10.5. The Hall–Kier alpha value is -1.00. The zero-order chi connectivity index (χ0) is 8.72. The number of H-pyrrole nitrogens is 1. The van der Waals surface area contributed by atoms with E-state index in [1.807, 2.05) is 0 Å². The first-order valence-electron chi connectivity index (χ1n) is 3.14. The molecule has 0 bridgehead atoms. The largest absolute Gasteiger partial charge is 0.382 e. The van der Waals surface area contributed by atoms with Gasteiger partial charge < -0.3 is 10.7 Å². The van der Waals surface area contributed by atoms with E-state index in [-0.39, 0.29) is 11.1 Å². The predicted octanol–water partition coefficient (Wildman–Crippen LogP) is 1.85. The van der Waals surface area contributed by atoms with Gasteiger partial charge in [-0.25, -0.2) is 9.97 Å². The van der Waals surface area contributed by atoms with Crippen molar-refractivity contribution < 1.29 is 0 Å². The van der Waals surface area contributed by atoms with Crippen LogP contribution in [0.1, 0.15) is 0 Å². The zero-order valence-electron chi connectivity index (χ0n) is 5.81. The summed E-state index contributed by atoms with van der Waals surface area (Å²) in [5.74, 6) is 0.278. The van der Waals surface area contributed by atoms with Crippen LogP contribution in [0.25, 0.3) is 11.0 Å². The molecule has 0 atom stereocenters. The lowest BCUT2D eigenvalue weighted by Gasteiger charge is -1.93. The van der Waals surface area contributed by atoms with Gasteiger partial charge in [0.1, 0.15) is 10.7 Å². The average molecular weight is 203 g/mol. The zero-order valence-corrected chi connectivity index (χ0v) is 7.32. The molecule has 0 aromatic carbocycles. The Morgan fingerprint density at radius 1 is 1.33 bits per heavy atom. The molecule has 0 aliphatic rings. The third-order valence-electron chi connectivity index (χ3n) is 1.44. The molecule has 0 fully saturated rings. The number of hydrogen-bond donors (Lipinski definition) is 2. The molecular weight excluding hydrogens is 199 g/mol. The first-order valence-corrected chi connectivity index (χ1v) is 3.89. The van der Waals surface area contributed by atoms with Crippen molar-refractivity contribution in [3.8, 4) is 0 Å². The van der Waals surface area contributed by atoms with Gasteiger partial charge in [0.2, 0.25) is 5.28 Å². The van der Waals surface area contributed by atoms with E-state index in [4.69, 9.17) is 28.9 Å². The van der Waals surface area contributed by atoms with Crippen molar-refractivity contribution in [3.63, 3.8) is 0 Å². The molecule has 0 unspecified atom stereocenters. The smallest absolute Gasteiger partial charge is 0.201 e. The number of aromatic amines is 1. The number of nitrogens with one attached hydrogen (secondary N) is 1. The minimum absolute atomic E-state index is 0.278. The number of pyridine rings is 1. The molecule has 0 aliphatic carbocycles. The van der Waals surface area contributed by atoms with Gasteiger partial charge in [-0.1, -0.05) is 11.6 Å². The van der Waals surface area contributed by atoms with E-state index in [1.165, 1.54) is 0 Å². The SMILES string of the molecule is Nc1nc(Cl)cc2[nH]c(Cl)nc12. The highest BCUT2D eigenvalue weighted by atomic mass is 35.5. The summed E-state index contributed by atoms with van der Waals surface area (Å²) < 4.78 is 0. The summed E-state index contributed by atoms with van der Waals surface area (Å²) in [5, 5.41) is 0.598. The van der Waals surface area contributed by atoms with Gasteiger partial charge in [-0.05, 0) is 11.6 Å². The highest BCUT2D eigenvalue weighted by Crippen LogP contribution is 2.21. The summed E-state index contributed by atoms with van der Waals surface area (Å²) in [6.07, 6.45) is 0. The van der Waals surface area contributed by atoms with Gasteiger partial charge in [-0.2, -0.15) is 0 Å². The molecule has 2 heterocycles. The summed E-state index contributed by atoms with van der Waals surface area (Å²) in [7, 11) is 0. The molecule has 12 heavy (non-hydrogen) atoms. The Labute approximate surface area is 77.7 Å². The van der Waals surface area contributed by atoms with Gasteiger partial charge >= 0.3 is 0 Å². The molecule has 0 aliphatic heterocycles. The van der Waals surface area contributed by atoms with Crippen LogP contribution in [0, 0.1) is 0 Å². The monoisotopic (exact) mass is 202 g/mol. The number of nitrogens with zero attached hydrogens (tertiary/aromatic N) is 2. The Kier molecular flexibility index (Phi) is 1.59. The Balaban J connectivity index is 2.88. The number of anilines is 1. The average Bonchev–Trinajstić information content (AvgIpc) is 2.29. The lowest BCUT2D eigenvalue weighted by atomic mass is 10.4. The summed E-state index contributed by atoms with van der Waals surface area (Å²) in [5.41, 5.74) is 6.77. The van der Waals surface area contributed by atoms with Gasteiger partial charge in [-0.3, -0.25) is 0 Å². The van der Waals surface area contributed by atoms with Gasteiger partial charge in [0.15, 0.2) is 5.82 Å². The quantitative estimate of drug-likeness (QED) is 0.642. The molecule has 3 N–H and O–H groups in total. The number of halogens is 2. The van der Waals surface area contributed by atoms with E-state index in [0.29, 0.717) is 16.2 Å². The molecule has 2 rings (SSSR count). The highest BCUT2D eigenvalue weighted by molar-refractivity contribution is 6.31. The predicted molar refractivity (Wildman–Crippen MR) is 48.3 cm³/mol. The van der Waals surface area contributed by atoms with E-state index in [0.717, 1.165) is 0 Å². The molecule has 62 valence electrons. The van der Waals surface area contributed by atoms with Crippen molar-refractivity contribution in [3.05, 3.63) is 16.5 Å². The maximum Gasteiger partial charge on any atom is 0.201 e. The number of aromatic nitrogens is 3. The van der Waals surface area contributed by atoms with Crippen molar-refractivity contribution >= 4 is 40.1 Å². The van der Waals surface area contributed by atoms with Crippen LogP contribution in [-0.2, 0) is 0 Å². The number of nitrogen functional groups attached to an aromatic ring is 1. The highest BCUT2D eigenvalue weighted by Gasteiger charge is 2.06. The topological polar surface area (TPSA) is 67.6 Å². The van der Waals surface area contributed by atoms with E-state index in [2.05, 4.69) is 15.0 Å². The third-order valence-corrected chi connectivity index (χ3v) is 1.81. The molecule has 0 spiro atoms. The van der Waals surface area contributed by atoms with Crippen LogP contribution < -0.4 is 5.73 Å². The van der Waals surface area contributed by atoms with Crippen LogP contribution in [0.15, 0.2) is 6.07 Å². The van der Waals surface area contributed by atoms with E-state index < -0.39 is 0 Å². The molecular formula is C6H4Cl2N4.